The lowest BCUT2D eigenvalue weighted by Gasteiger charge is -2.35. The molecular formula is C13H24N2S2. The van der Waals surface area contributed by atoms with Crippen LogP contribution in [0, 0.1) is 0 Å². The van der Waals surface area contributed by atoms with Crippen molar-refractivity contribution in [3.8, 4) is 0 Å². The van der Waals surface area contributed by atoms with Crippen LogP contribution in [-0.4, -0.2) is 34.0 Å². The predicted octanol–water partition coefficient (Wildman–Crippen LogP) is 3.52. The molecule has 0 bridgehead atoms. The molecule has 1 N–H and O–H groups in total. The molecule has 17 heavy (non-hydrogen) atoms. The van der Waals surface area contributed by atoms with Gasteiger partial charge in [0.25, 0.3) is 0 Å². The van der Waals surface area contributed by atoms with Crippen molar-refractivity contribution in [3.05, 3.63) is 0 Å². The van der Waals surface area contributed by atoms with E-state index in [1.807, 2.05) is 23.5 Å². The van der Waals surface area contributed by atoms with Gasteiger partial charge < -0.3 is 5.32 Å². The first-order chi connectivity index (χ1) is 8.15. The van der Waals surface area contributed by atoms with Gasteiger partial charge in [0.15, 0.2) is 5.17 Å². The van der Waals surface area contributed by atoms with Gasteiger partial charge in [0.2, 0.25) is 0 Å². The number of hydrogen-bond acceptors (Lipinski definition) is 3. The topological polar surface area (TPSA) is 24.4 Å². The largest absolute Gasteiger partial charge is 0.360 e. The van der Waals surface area contributed by atoms with Crippen LogP contribution in [0.2, 0.25) is 0 Å². The van der Waals surface area contributed by atoms with Gasteiger partial charge in [-0.3, -0.25) is 4.99 Å². The van der Waals surface area contributed by atoms with Crippen molar-refractivity contribution in [1.29, 1.82) is 0 Å². The van der Waals surface area contributed by atoms with Crippen LogP contribution in [0.5, 0.6) is 0 Å². The maximum absolute atomic E-state index is 4.93. The van der Waals surface area contributed by atoms with E-state index < -0.39 is 0 Å². The van der Waals surface area contributed by atoms with E-state index in [9.17, 15) is 0 Å². The van der Waals surface area contributed by atoms with Crippen LogP contribution in [0.3, 0.4) is 0 Å². The average Bonchev–Trinajstić information content (AvgIpc) is 2.77. The fraction of sp³-hybridized carbons (Fsp3) is 0.923. The highest BCUT2D eigenvalue weighted by Gasteiger charge is 2.29. The Morgan fingerprint density at radius 1 is 1.53 bits per heavy atom. The highest BCUT2D eigenvalue weighted by atomic mass is 32.2. The highest BCUT2D eigenvalue weighted by Crippen LogP contribution is 2.32. The van der Waals surface area contributed by atoms with Crippen LogP contribution in [0.1, 0.15) is 46.0 Å². The van der Waals surface area contributed by atoms with Gasteiger partial charge in [-0.25, -0.2) is 0 Å². The maximum Gasteiger partial charge on any atom is 0.157 e. The highest BCUT2D eigenvalue weighted by molar-refractivity contribution is 8.13. The second-order valence-corrected chi connectivity index (χ2v) is 7.62. The predicted molar refractivity (Wildman–Crippen MR) is 81.3 cm³/mol. The van der Waals surface area contributed by atoms with Gasteiger partial charge in [-0.1, -0.05) is 18.7 Å². The molecule has 1 aliphatic heterocycles. The standard InChI is InChI=1S/C13H24N2S2/c1-4-13(2)7-8-17-12(15-13)14-10-5-6-11(9-10)16-3/h10-11H,4-9H2,1-3H3,(H,14,15). The Morgan fingerprint density at radius 2 is 2.35 bits per heavy atom. The number of amidine groups is 1. The molecule has 3 atom stereocenters. The molecule has 0 aromatic carbocycles. The van der Waals surface area contributed by atoms with Crippen LogP contribution < -0.4 is 5.32 Å². The van der Waals surface area contributed by atoms with Crippen LogP contribution in [0.25, 0.3) is 0 Å². The summed E-state index contributed by atoms with van der Waals surface area (Å²) >= 11 is 3.91. The zero-order valence-corrected chi connectivity index (χ0v) is 12.8. The first-order valence-corrected chi connectivity index (χ1v) is 8.94. The summed E-state index contributed by atoms with van der Waals surface area (Å²) < 4.78 is 0. The van der Waals surface area contributed by atoms with Gasteiger partial charge in [0, 0.05) is 16.5 Å². The first kappa shape index (κ1) is 13.6. The van der Waals surface area contributed by atoms with E-state index in [-0.39, 0.29) is 5.54 Å². The number of nitrogens with zero attached hydrogens (tertiary/aromatic N) is 1. The summed E-state index contributed by atoms with van der Waals surface area (Å²) in [6, 6.07) is 0.571. The fourth-order valence-electron chi connectivity index (χ4n) is 2.48. The molecule has 2 nitrogen and oxygen atoms in total. The van der Waals surface area contributed by atoms with Gasteiger partial charge in [-0.05, 0) is 45.3 Å². The number of aliphatic imine (C=N–C) groups is 1. The number of nitrogens with one attached hydrogen (secondary N) is 1. The Labute approximate surface area is 114 Å². The lowest BCUT2D eigenvalue weighted by atomic mass is 9.96. The van der Waals surface area contributed by atoms with E-state index in [1.165, 1.54) is 43.0 Å². The molecule has 1 aliphatic carbocycles. The maximum atomic E-state index is 4.93. The third kappa shape index (κ3) is 3.57. The van der Waals surface area contributed by atoms with Crippen molar-refractivity contribution in [2.24, 2.45) is 4.99 Å². The van der Waals surface area contributed by atoms with Crippen LogP contribution in [-0.2, 0) is 0 Å². The Balaban J connectivity index is 1.93. The van der Waals surface area contributed by atoms with E-state index in [0.29, 0.717) is 6.04 Å². The Hall–Kier alpha value is 0.170. The fourth-order valence-corrected chi connectivity index (χ4v) is 4.55. The summed E-state index contributed by atoms with van der Waals surface area (Å²) in [6.45, 7) is 4.58. The Bertz CT molecular complexity index is 293. The van der Waals surface area contributed by atoms with E-state index >= 15 is 0 Å². The molecule has 2 fully saturated rings. The molecule has 1 saturated carbocycles. The summed E-state index contributed by atoms with van der Waals surface area (Å²) in [6.07, 6.45) is 8.56. The van der Waals surface area contributed by atoms with Crippen LogP contribution in [0.4, 0.5) is 0 Å². The summed E-state index contributed by atoms with van der Waals surface area (Å²) in [5.74, 6) is 1.22. The Morgan fingerprint density at radius 3 is 3.00 bits per heavy atom. The first-order valence-electron chi connectivity index (χ1n) is 6.67. The molecule has 4 heteroatoms. The van der Waals surface area contributed by atoms with Crippen molar-refractivity contribution in [1.82, 2.24) is 5.32 Å². The van der Waals surface area contributed by atoms with Gasteiger partial charge >= 0.3 is 0 Å². The molecule has 0 aromatic heterocycles. The molecule has 98 valence electrons. The third-order valence-corrected chi connectivity index (χ3v) is 6.06. The number of hydrogen-bond donors (Lipinski definition) is 1. The smallest absolute Gasteiger partial charge is 0.157 e. The van der Waals surface area contributed by atoms with E-state index in [0.717, 1.165) is 5.25 Å². The van der Waals surface area contributed by atoms with Crippen molar-refractivity contribution in [2.75, 3.05) is 12.0 Å². The zero-order chi connectivity index (χ0) is 12.3. The van der Waals surface area contributed by atoms with Gasteiger partial charge in [-0.2, -0.15) is 11.8 Å². The molecular weight excluding hydrogens is 248 g/mol. The third-order valence-electron chi connectivity index (χ3n) is 4.07. The SMILES string of the molecule is CCC1(C)CCSC(=NC2CCC(SC)C2)N1. The van der Waals surface area contributed by atoms with Crippen molar-refractivity contribution in [2.45, 2.75) is 62.8 Å². The average molecular weight is 272 g/mol. The minimum Gasteiger partial charge on any atom is -0.360 e. The molecule has 2 rings (SSSR count). The van der Waals surface area contributed by atoms with Gasteiger partial charge in [0.1, 0.15) is 0 Å². The van der Waals surface area contributed by atoms with E-state index in [2.05, 4.69) is 25.4 Å². The molecule has 1 saturated heterocycles. The molecule has 2 aliphatic rings. The Kier molecular flexibility index (Phi) is 4.70. The zero-order valence-electron chi connectivity index (χ0n) is 11.2. The lowest BCUT2D eigenvalue weighted by molar-refractivity contribution is 0.389. The van der Waals surface area contributed by atoms with Crippen molar-refractivity contribution < 1.29 is 0 Å². The van der Waals surface area contributed by atoms with Gasteiger partial charge in [0.05, 0.1) is 6.04 Å². The molecule has 0 radical (unpaired) electrons. The van der Waals surface area contributed by atoms with E-state index in [4.69, 9.17) is 4.99 Å². The molecule has 0 spiro atoms. The monoisotopic (exact) mass is 272 g/mol. The minimum atomic E-state index is 0.279. The summed E-state index contributed by atoms with van der Waals surface area (Å²) in [7, 11) is 0. The summed E-state index contributed by atoms with van der Waals surface area (Å²) in [5.41, 5.74) is 0.279. The molecule has 3 unspecified atom stereocenters. The molecule has 0 amide bonds. The second-order valence-electron chi connectivity index (χ2n) is 5.40. The van der Waals surface area contributed by atoms with Crippen LogP contribution in [0.15, 0.2) is 4.99 Å². The normalized spacial score (nSPS) is 40.5. The van der Waals surface area contributed by atoms with E-state index in [1.54, 1.807) is 0 Å². The minimum absolute atomic E-state index is 0.279. The summed E-state index contributed by atoms with van der Waals surface area (Å²) in [4.78, 5) is 4.93. The number of thioether (sulfide) groups is 2. The second kappa shape index (κ2) is 5.87. The lowest BCUT2D eigenvalue weighted by Crippen LogP contribution is -2.48. The molecule has 0 aromatic rings. The number of rotatable bonds is 3. The van der Waals surface area contributed by atoms with Gasteiger partial charge in [-0.15, -0.1) is 0 Å². The quantitative estimate of drug-likeness (QED) is 0.850. The van der Waals surface area contributed by atoms with Crippen molar-refractivity contribution in [3.63, 3.8) is 0 Å². The molecule has 1 heterocycles. The summed E-state index contributed by atoms with van der Waals surface area (Å²) in [5, 5.41) is 5.69. The van der Waals surface area contributed by atoms with Crippen molar-refractivity contribution >= 4 is 28.7 Å². The van der Waals surface area contributed by atoms with Crippen LogP contribution >= 0.6 is 23.5 Å².